The van der Waals surface area contributed by atoms with E-state index >= 15 is 0 Å². The highest BCUT2D eigenvalue weighted by molar-refractivity contribution is 7.92. The molecule has 192 valence electrons. The zero-order valence-corrected chi connectivity index (χ0v) is 21.5. The molecule has 1 aliphatic heterocycles. The highest BCUT2D eigenvalue weighted by atomic mass is 32.2. The topological polar surface area (TPSA) is 126 Å². The van der Waals surface area contributed by atoms with Crippen molar-refractivity contribution in [1.82, 2.24) is 24.6 Å². The fourth-order valence-electron chi connectivity index (χ4n) is 4.17. The van der Waals surface area contributed by atoms with Crippen molar-refractivity contribution in [3.8, 4) is 34.6 Å². The molecular weight excluding hydrogens is 486 g/mol. The van der Waals surface area contributed by atoms with Crippen molar-refractivity contribution in [2.24, 2.45) is 0 Å². The van der Waals surface area contributed by atoms with Crippen LogP contribution in [0.4, 0.5) is 0 Å². The zero-order valence-electron chi connectivity index (χ0n) is 20.7. The molecule has 11 nitrogen and oxygen atoms in total. The van der Waals surface area contributed by atoms with Gasteiger partial charge in [0.15, 0.2) is 21.5 Å². The number of para-hydroxylation sites is 1. The van der Waals surface area contributed by atoms with Gasteiger partial charge in [-0.3, -0.25) is 9.36 Å². The number of carbonyl (C=O) groups is 1. The Labute approximate surface area is 209 Å². The molecule has 1 aliphatic rings. The Morgan fingerprint density at radius 3 is 2.22 bits per heavy atom. The summed E-state index contributed by atoms with van der Waals surface area (Å²) in [7, 11) is 0.553. The number of carbonyl (C=O) groups excluding carboxylic acids is 1. The molecule has 0 saturated carbocycles. The van der Waals surface area contributed by atoms with Crippen molar-refractivity contribution in [1.29, 1.82) is 0 Å². The van der Waals surface area contributed by atoms with Crippen LogP contribution in [0.25, 0.3) is 17.2 Å². The minimum atomic E-state index is -3.94. The van der Waals surface area contributed by atoms with Crippen LogP contribution in [0, 0.1) is 0 Å². The van der Waals surface area contributed by atoms with Gasteiger partial charge in [0.25, 0.3) is 0 Å². The second kappa shape index (κ2) is 10.5. The number of sulfone groups is 1. The first-order valence-corrected chi connectivity index (χ1v) is 13.2. The standard InChI is InChI=1S/C24H29N5O6S/c1-16(24(30)28-13-5-6-14-28)36(31,32)15-20-26-27-23(17-9-7-12-21(25-17)35-4)29(20)22-18(33-2)10-8-11-19(22)34-3/h7-12,16H,5-6,13-15H2,1-4H3/t16-/m0/s1. The fourth-order valence-corrected chi connectivity index (χ4v) is 5.42. The van der Waals surface area contributed by atoms with E-state index in [1.807, 2.05) is 0 Å². The summed E-state index contributed by atoms with van der Waals surface area (Å²) in [5.41, 5.74) is 0.815. The van der Waals surface area contributed by atoms with Crippen molar-refractivity contribution in [3.63, 3.8) is 0 Å². The largest absolute Gasteiger partial charge is 0.494 e. The smallest absolute Gasteiger partial charge is 0.240 e. The first-order valence-electron chi connectivity index (χ1n) is 11.5. The molecule has 0 spiro atoms. The first-order chi connectivity index (χ1) is 17.3. The highest BCUT2D eigenvalue weighted by Crippen LogP contribution is 2.36. The number of amides is 1. The molecule has 3 aromatic rings. The third kappa shape index (κ3) is 4.85. The molecule has 1 fully saturated rings. The molecule has 4 rings (SSSR count). The van der Waals surface area contributed by atoms with Crippen molar-refractivity contribution in [3.05, 3.63) is 42.2 Å². The molecular formula is C24H29N5O6S. The molecule has 36 heavy (non-hydrogen) atoms. The Morgan fingerprint density at radius 2 is 1.61 bits per heavy atom. The number of hydrogen-bond acceptors (Lipinski definition) is 9. The molecule has 0 aliphatic carbocycles. The van der Waals surface area contributed by atoms with E-state index in [0.717, 1.165) is 12.8 Å². The lowest BCUT2D eigenvalue weighted by atomic mass is 10.2. The fraction of sp³-hybridized carbons (Fsp3) is 0.417. The van der Waals surface area contributed by atoms with E-state index in [0.29, 0.717) is 41.8 Å². The zero-order chi connectivity index (χ0) is 25.9. The quantitative estimate of drug-likeness (QED) is 0.422. The van der Waals surface area contributed by atoms with E-state index in [4.69, 9.17) is 14.2 Å². The lowest BCUT2D eigenvalue weighted by Crippen LogP contribution is -2.40. The van der Waals surface area contributed by atoms with Crippen LogP contribution in [0.15, 0.2) is 36.4 Å². The number of nitrogens with zero attached hydrogens (tertiary/aromatic N) is 5. The Morgan fingerprint density at radius 1 is 0.972 bits per heavy atom. The van der Waals surface area contributed by atoms with E-state index in [9.17, 15) is 13.2 Å². The minimum absolute atomic E-state index is 0.0958. The summed E-state index contributed by atoms with van der Waals surface area (Å²) < 4.78 is 44.8. The molecule has 0 bridgehead atoms. The molecule has 3 heterocycles. The van der Waals surface area contributed by atoms with Gasteiger partial charge in [0, 0.05) is 19.2 Å². The third-order valence-electron chi connectivity index (χ3n) is 6.15. The van der Waals surface area contributed by atoms with Gasteiger partial charge in [-0.1, -0.05) is 12.1 Å². The summed E-state index contributed by atoms with van der Waals surface area (Å²) in [5.74, 6) is 0.623. The van der Waals surface area contributed by atoms with Crippen LogP contribution < -0.4 is 14.2 Å². The number of ether oxygens (including phenoxy) is 3. The average Bonchev–Trinajstić information content (AvgIpc) is 3.57. The Hall–Kier alpha value is -3.67. The van der Waals surface area contributed by atoms with Gasteiger partial charge in [-0.2, -0.15) is 0 Å². The van der Waals surface area contributed by atoms with Crippen molar-refractivity contribution in [2.75, 3.05) is 34.4 Å². The Kier molecular flexibility index (Phi) is 7.43. The maximum Gasteiger partial charge on any atom is 0.240 e. The van der Waals surface area contributed by atoms with Crippen LogP contribution in [0.5, 0.6) is 17.4 Å². The van der Waals surface area contributed by atoms with Gasteiger partial charge >= 0.3 is 0 Å². The number of benzene rings is 1. The van der Waals surface area contributed by atoms with Crippen molar-refractivity contribution in [2.45, 2.75) is 30.8 Å². The van der Waals surface area contributed by atoms with Crippen LogP contribution in [0.1, 0.15) is 25.6 Å². The Bertz CT molecular complexity index is 1330. The number of methoxy groups -OCH3 is 3. The number of hydrogen-bond donors (Lipinski definition) is 0. The molecule has 1 aromatic carbocycles. The predicted octanol–water partition coefficient (Wildman–Crippen LogP) is 2.28. The van der Waals surface area contributed by atoms with Gasteiger partial charge in [-0.25, -0.2) is 13.4 Å². The first kappa shape index (κ1) is 25.4. The lowest BCUT2D eigenvalue weighted by molar-refractivity contribution is -0.129. The van der Waals surface area contributed by atoms with Crippen LogP contribution in [-0.4, -0.2) is 78.6 Å². The van der Waals surface area contributed by atoms with Crippen molar-refractivity contribution >= 4 is 15.7 Å². The van der Waals surface area contributed by atoms with Crippen molar-refractivity contribution < 1.29 is 27.4 Å². The summed E-state index contributed by atoms with van der Waals surface area (Å²) in [5, 5.41) is 7.27. The molecule has 0 N–H and O–H groups in total. The van der Waals surface area contributed by atoms with E-state index in [-0.39, 0.29) is 11.6 Å². The lowest BCUT2D eigenvalue weighted by Gasteiger charge is -2.21. The van der Waals surface area contributed by atoms with E-state index in [1.165, 1.54) is 28.3 Å². The molecule has 0 unspecified atom stereocenters. The third-order valence-corrected chi connectivity index (χ3v) is 8.09. The second-order valence-electron chi connectivity index (χ2n) is 8.33. The van der Waals surface area contributed by atoms with Gasteiger partial charge < -0.3 is 19.1 Å². The maximum absolute atomic E-state index is 13.4. The number of aromatic nitrogens is 4. The average molecular weight is 516 g/mol. The molecule has 1 atom stereocenters. The van der Waals surface area contributed by atoms with Crippen LogP contribution in [0.2, 0.25) is 0 Å². The van der Waals surface area contributed by atoms with Gasteiger partial charge in [0.05, 0.1) is 21.3 Å². The minimum Gasteiger partial charge on any atom is -0.494 e. The van der Waals surface area contributed by atoms with Crippen LogP contribution >= 0.6 is 0 Å². The van der Waals surface area contributed by atoms with Gasteiger partial charge in [-0.15, -0.1) is 10.2 Å². The van der Waals surface area contributed by atoms with Gasteiger partial charge in [-0.05, 0) is 38.0 Å². The predicted molar refractivity (Wildman–Crippen MR) is 132 cm³/mol. The monoisotopic (exact) mass is 515 g/mol. The SMILES string of the molecule is COc1cccc(-c2nnc(CS(=O)(=O)[C@@H](C)C(=O)N3CCCC3)n2-c2c(OC)cccc2OC)n1. The second-order valence-corrected chi connectivity index (χ2v) is 10.7. The summed E-state index contributed by atoms with van der Waals surface area (Å²) in [6.07, 6.45) is 1.74. The summed E-state index contributed by atoms with van der Waals surface area (Å²) in [6.45, 7) is 2.56. The molecule has 1 amide bonds. The molecule has 1 saturated heterocycles. The molecule has 2 aromatic heterocycles. The van der Waals surface area contributed by atoms with E-state index in [2.05, 4.69) is 15.2 Å². The number of rotatable bonds is 9. The summed E-state index contributed by atoms with van der Waals surface area (Å²) in [6, 6.07) is 10.3. The molecule has 12 heteroatoms. The van der Waals surface area contributed by atoms with Crippen LogP contribution in [0.3, 0.4) is 0 Å². The number of pyridine rings is 1. The van der Waals surface area contributed by atoms with Gasteiger partial charge in [0.2, 0.25) is 11.8 Å². The van der Waals surface area contributed by atoms with E-state index in [1.54, 1.807) is 45.9 Å². The van der Waals surface area contributed by atoms with E-state index < -0.39 is 26.7 Å². The molecule has 0 radical (unpaired) electrons. The number of likely N-dealkylation sites (tertiary alicyclic amines) is 1. The summed E-state index contributed by atoms with van der Waals surface area (Å²) in [4.78, 5) is 18.9. The van der Waals surface area contributed by atoms with Crippen LogP contribution in [-0.2, 0) is 20.4 Å². The van der Waals surface area contributed by atoms with Gasteiger partial charge in [0.1, 0.15) is 33.9 Å². The Balaban J connectivity index is 1.85. The maximum atomic E-state index is 13.4. The normalized spacial score (nSPS) is 14.5. The highest BCUT2D eigenvalue weighted by Gasteiger charge is 2.35. The summed E-state index contributed by atoms with van der Waals surface area (Å²) >= 11 is 0.